The number of aryl methyl sites for hydroxylation is 1. The van der Waals surface area contributed by atoms with Gasteiger partial charge in [0.25, 0.3) is 0 Å². The number of benzene rings is 1. The summed E-state index contributed by atoms with van der Waals surface area (Å²) in [5, 5.41) is 4.15. The molecule has 1 amide bonds. The molecule has 27 heavy (non-hydrogen) atoms. The molecule has 7 heteroatoms. The van der Waals surface area contributed by atoms with Crippen molar-refractivity contribution >= 4 is 5.91 Å². The summed E-state index contributed by atoms with van der Waals surface area (Å²) >= 11 is 0. The van der Waals surface area contributed by atoms with Crippen LogP contribution in [0.5, 0.6) is 0 Å². The summed E-state index contributed by atoms with van der Waals surface area (Å²) in [5.41, 5.74) is 2.17. The molecule has 7 nitrogen and oxygen atoms in total. The second kappa shape index (κ2) is 8.19. The van der Waals surface area contributed by atoms with Gasteiger partial charge in [0.2, 0.25) is 17.6 Å². The standard InChI is InChI=1S/C20H27N5O2/c1-16-5-2-3-6-17(16)20-21-18(27-22-20)15-24-11-9-23(10-12-24)13-14-25-8-4-7-19(25)26/h2-3,5-6H,4,7-15H2,1H3. The molecule has 0 saturated carbocycles. The first kappa shape index (κ1) is 18.1. The van der Waals surface area contributed by atoms with Crippen LogP contribution in [-0.2, 0) is 11.3 Å². The second-order valence-corrected chi connectivity index (χ2v) is 7.43. The first-order chi connectivity index (χ1) is 13.2. The fourth-order valence-electron chi connectivity index (χ4n) is 3.82. The van der Waals surface area contributed by atoms with E-state index < -0.39 is 0 Å². The largest absolute Gasteiger partial charge is 0.341 e. The summed E-state index contributed by atoms with van der Waals surface area (Å²) in [6, 6.07) is 8.08. The quantitative estimate of drug-likeness (QED) is 0.773. The Balaban J connectivity index is 1.25. The van der Waals surface area contributed by atoms with Crippen LogP contribution in [0.1, 0.15) is 24.3 Å². The number of hydrogen-bond donors (Lipinski definition) is 0. The summed E-state index contributed by atoms with van der Waals surface area (Å²) in [6.07, 6.45) is 1.74. The van der Waals surface area contributed by atoms with E-state index in [0.29, 0.717) is 24.2 Å². The van der Waals surface area contributed by atoms with Crippen LogP contribution in [0.4, 0.5) is 0 Å². The first-order valence-electron chi connectivity index (χ1n) is 9.80. The van der Waals surface area contributed by atoms with Gasteiger partial charge in [0.1, 0.15) is 0 Å². The molecule has 2 fully saturated rings. The lowest BCUT2D eigenvalue weighted by molar-refractivity contribution is -0.127. The van der Waals surface area contributed by atoms with E-state index in [2.05, 4.69) is 32.9 Å². The summed E-state index contributed by atoms with van der Waals surface area (Å²) < 4.78 is 5.47. The van der Waals surface area contributed by atoms with Crippen LogP contribution < -0.4 is 0 Å². The zero-order valence-electron chi connectivity index (χ0n) is 15.9. The van der Waals surface area contributed by atoms with Crippen LogP contribution in [0.2, 0.25) is 0 Å². The lowest BCUT2D eigenvalue weighted by atomic mass is 10.1. The molecule has 2 aromatic rings. The van der Waals surface area contributed by atoms with E-state index >= 15 is 0 Å². The van der Waals surface area contributed by atoms with Crippen molar-refractivity contribution in [2.75, 3.05) is 45.8 Å². The summed E-state index contributed by atoms with van der Waals surface area (Å²) in [6.45, 7) is 9.50. The normalized spacial score (nSPS) is 19.1. The van der Waals surface area contributed by atoms with E-state index in [-0.39, 0.29) is 0 Å². The minimum Gasteiger partial charge on any atom is -0.341 e. The highest BCUT2D eigenvalue weighted by atomic mass is 16.5. The zero-order chi connectivity index (χ0) is 18.6. The Morgan fingerprint density at radius 1 is 1.04 bits per heavy atom. The number of amides is 1. The van der Waals surface area contributed by atoms with Crippen LogP contribution in [0.15, 0.2) is 28.8 Å². The Morgan fingerprint density at radius 2 is 1.81 bits per heavy atom. The highest BCUT2D eigenvalue weighted by Gasteiger charge is 2.23. The molecule has 0 spiro atoms. The molecule has 2 saturated heterocycles. The van der Waals surface area contributed by atoms with Crippen molar-refractivity contribution < 1.29 is 9.32 Å². The van der Waals surface area contributed by atoms with Gasteiger partial charge in [-0.3, -0.25) is 14.6 Å². The lowest BCUT2D eigenvalue weighted by Gasteiger charge is -2.34. The first-order valence-corrected chi connectivity index (χ1v) is 9.80. The third kappa shape index (κ3) is 4.36. The van der Waals surface area contributed by atoms with Crippen LogP contribution in [0, 0.1) is 6.92 Å². The van der Waals surface area contributed by atoms with Gasteiger partial charge < -0.3 is 9.42 Å². The monoisotopic (exact) mass is 369 g/mol. The average molecular weight is 369 g/mol. The maximum absolute atomic E-state index is 11.7. The molecule has 2 aliphatic heterocycles. The SMILES string of the molecule is Cc1ccccc1-c1noc(CN2CCN(CCN3CCCC3=O)CC2)n1. The molecule has 3 heterocycles. The van der Waals surface area contributed by atoms with Crippen molar-refractivity contribution in [3.05, 3.63) is 35.7 Å². The molecule has 0 atom stereocenters. The minimum absolute atomic E-state index is 0.314. The van der Waals surface area contributed by atoms with Gasteiger partial charge in [-0.1, -0.05) is 29.4 Å². The van der Waals surface area contributed by atoms with Crippen LogP contribution >= 0.6 is 0 Å². The third-order valence-electron chi connectivity index (χ3n) is 5.54. The van der Waals surface area contributed by atoms with Gasteiger partial charge >= 0.3 is 0 Å². The van der Waals surface area contributed by atoms with Gasteiger partial charge in [0.05, 0.1) is 6.54 Å². The maximum atomic E-state index is 11.7. The van der Waals surface area contributed by atoms with Gasteiger partial charge in [-0.2, -0.15) is 4.98 Å². The Kier molecular flexibility index (Phi) is 5.50. The Morgan fingerprint density at radius 3 is 2.56 bits per heavy atom. The van der Waals surface area contributed by atoms with Crippen molar-refractivity contribution in [3.8, 4) is 11.4 Å². The van der Waals surface area contributed by atoms with Crippen LogP contribution in [0.3, 0.4) is 0 Å². The van der Waals surface area contributed by atoms with Crippen molar-refractivity contribution in [2.24, 2.45) is 0 Å². The number of aromatic nitrogens is 2. The number of piperazine rings is 1. The predicted octanol–water partition coefficient (Wildman–Crippen LogP) is 1.79. The van der Waals surface area contributed by atoms with Crippen molar-refractivity contribution in [1.82, 2.24) is 24.8 Å². The Hall–Kier alpha value is -2.25. The van der Waals surface area contributed by atoms with Gasteiger partial charge in [0, 0.05) is 57.8 Å². The number of carbonyl (C=O) groups is 1. The molecule has 0 bridgehead atoms. The molecular formula is C20H27N5O2. The van der Waals surface area contributed by atoms with E-state index in [1.54, 1.807) is 0 Å². The number of carbonyl (C=O) groups excluding carboxylic acids is 1. The second-order valence-electron chi connectivity index (χ2n) is 7.43. The average Bonchev–Trinajstić information content (AvgIpc) is 3.30. The number of likely N-dealkylation sites (tertiary alicyclic amines) is 1. The summed E-state index contributed by atoms with van der Waals surface area (Å²) in [5.74, 6) is 1.65. The molecule has 0 aliphatic carbocycles. The van der Waals surface area contributed by atoms with Gasteiger partial charge in [-0.05, 0) is 18.9 Å². The minimum atomic E-state index is 0.314. The summed E-state index contributed by atoms with van der Waals surface area (Å²) in [4.78, 5) is 23.1. The van der Waals surface area contributed by atoms with Crippen molar-refractivity contribution in [3.63, 3.8) is 0 Å². The van der Waals surface area contributed by atoms with E-state index in [1.807, 2.05) is 23.1 Å². The third-order valence-corrected chi connectivity index (χ3v) is 5.54. The van der Waals surface area contributed by atoms with Crippen LogP contribution in [-0.4, -0.2) is 76.6 Å². The van der Waals surface area contributed by atoms with E-state index in [9.17, 15) is 4.79 Å². The topological polar surface area (TPSA) is 65.7 Å². The molecule has 0 N–H and O–H groups in total. The zero-order valence-corrected chi connectivity index (χ0v) is 15.9. The fraction of sp³-hybridized carbons (Fsp3) is 0.550. The highest BCUT2D eigenvalue weighted by molar-refractivity contribution is 5.78. The predicted molar refractivity (Wildman–Crippen MR) is 102 cm³/mol. The molecule has 1 aromatic heterocycles. The van der Waals surface area contributed by atoms with E-state index in [4.69, 9.17) is 4.52 Å². The van der Waals surface area contributed by atoms with Crippen LogP contribution in [0.25, 0.3) is 11.4 Å². The fourth-order valence-corrected chi connectivity index (χ4v) is 3.82. The lowest BCUT2D eigenvalue weighted by Crippen LogP contribution is -2.48. The van der Waals surface area contributed by atoms with E-state index in [1.165, 1.54) is 0 Å². The smallest absolute Gasteiger partial charge is 0.241 e. The summed E-state index contributed by atoms with van der Waals surface area (Å²) in [7, 11) is 0. The molecule has 144 valence electrons. The molecule has 0 radical (unpaired) electrons. The molecule has 1 aromatic carbocycles. The van der Waals surface area contributed by atoms with Gasteiger partial charge in [-0.15, -0.1) is 0 Å². The van der Waals surface area contributed by atoms with Gasteiger partial charge in [0.15, 0.2) is 0 Å². The molecule has 0 unspecified atom stereocenters. The van der Waals surface area contributed by atoms with Crippen molar-refractivity contribution in [1.29, 1.82) is 0 Å². The molecule has 2 aliphatic rings. The van der Waals surface area contributed by atoms with Crippen molar-refractivity contribution in [2.45, 2.75) is 26.3 Å². The highest BCUT2D eigenvalue weighted by Crippen LogP contribution is 2.20. The number of rotatable bonds is 6. The van der Waals surface area contributed by atoms with E-state index in [0.717, 1.165) is 69.8 Å². The Labute approximate surface area is 159 Å². The van der Waals surface area contributed by atoms with Gasteiger partial charge in [-0.25, -0.2) is 0 Å². The number of nitrogens with zero attached hydrogens (tertiary/aromatic N) is 5. The maximum Gasteiger partial charge on any atom is 0.241 e. The number of hydrogen-bond acceptors (Lipinski definition) is 6. The molecule has 4 rings (SSSR count). The molecular weight excluding hydrogens is 342 g/mol. The Bertz CT molecular complexity index is 782.